The van der Waals surface area contributed by atoms with Crippen molar-refractivity contribution >= 4 is 28.5 Å². The number of rotatable bonds is 5. The summed E-state index contributed by atoms with van der Waals surface area (Å²) in [5, 5.41) is 0. The van der Waals surface area contributed by atoms with Crippen LogP contribution in [0.4, 0.5) is 0 Å². The maximum absolute atomic E-state index is 13.3. The van der Waals surface area contributed by atoms with Gasteiger partial charge in [0.1, 0.15) is 11.3 Å². The summed E-state index contributed by atoms with van der Waals surface area (Å²) in [4.78, 5) is 17.8. The Labute approximate surface area is 163 Å². The van der Waals surface area contributed by atoms with Crippen LogP contribution in [0.3, 0.4) is 0 Å². The lowest BCUT2D eigenvalue weighted by Crippen LogP contribution is -2.03. The summed E-state index contributed by atoms with van der Waals surface area (Å²) < 4.78 is 11.2. The number of hydrogen-bond donors (Lipinski definition) is 0. The maximum Gasteiger partial charge on any atom is 0.231 e. The van der Waals surface area contributed by atoms with E-state index in [4.69, 9.17) is 9.15 Å². The Morgan fingerprint density at radius 3 is 2.54 bits per heavy atom. The fourth-order valence-electron chi connectivity index (χ4n) is 2.97. The summed E-state index contributed by atoms with van der Waals surface area (Å²) >= 11 is 0. The van der Waals surface area contributed by atoms with E-state index in [0.29, 0.717) is 33.9 Å². The van der Waals surface area contributed by atoms with E-state index in [1.807, 2.05) is 79.7 Å². The van der Waals surface area contributed by atoms with Crippen molar-refractivity contribution in [2.24, 2.45) is 0 Å². The number of nitrogens with zero attached hydrogens (tertiary/aromatic N) is 1. The molecule has 0 radical (unpaired) electrons. The Hall–Kier alpha value is -3.66. The van der Waals surface area contributed by atoms with Crippen LogP contribution in [0.2, 0.25) is 0 Å². The van der Waals surface area contributed by atoms with Crippen LogP contribution in [0, 0.1) is 6.92 Å². The third-order valence-corrected chi connectivity index (χ3v) is 4.49. The second-order valence-corrected chi connectivity index (χ2v) is 6.52. The van der Waals surface area contributed by atoms with Crippen LogP contribution in [0.5, 0.6) is 5.75 Å². The SMILES string of the molecule is COc1cccc(C=C(C(=O)c2ccc(C)cc2)c2nc3ccccc3o2)c1. The molecule has 0 fully saturated rings. The van der Waals surface area contributed by atoms with Crippen molar-refractivity contribution in [3.8, 4) is 5.75 Å². The Kier molecular flexibility index (Phi) is 4.77. The standard InChI is InChI=1S/C24H19NO3/c1-16-10-12-18(13-11-16)23(26)20(15-17-6-5-7-19(14-17)27-2)24-25-21-8-3-4-9-22(21)28-24/h3-15H,1-2H3. The average molecular weight is 369 g/mol. The summed E-state index contributed by atoms with van der Waals surface area (Å²) in [6.45, 7) is 1.99. The Morgan fingerprint density at radius 1 is 1.00 bits per heavy atom. The van der Waals surface area contributed by atoms with Crippen LogP contribution >= 0.6 is 0 Å². The molecule has 4 rings (SSSR count). The van der Waals surface area contributed by atoms with Gasteiger partial charge in [-0.3, -0.25) is 4.79 Å². The van der Waals surface area contributed by atoms with E-state index in [0.717, 1.165) is 11.1 Å². The molecule has 0 aliphatic rings. The van der Waals surface area contributed by atoms with E-state index in [2.05, 4.69) is 4.98 Å². The van der Waals surface area contributed by atoms with Crippen LogP contribution < -0.4 is 4.74 Å². The Balaban J connectivity index is 1.85. The molecule has 28 heavy (non-hydrogen) atoms. The molecule has 0 aliphatic heterocycles. The second kappa shape index (κ2) is 7.53. The number of aromatic nitrogens is 1. The van der Waals surface area contributed by atoms with Gasteiger partial charge in [-0.1, -0.05) is 54.1 Å². The highest BCUT2D eigenvalue weighted by Gasteiger charge is 2.20. The van der Waals surface area contributed by atoms with Gasteiger partial charge in [0.25, 0.3) is 0 Å². The lowest BCUT2D eigenvalue weighted by Gasteiger charge is -2.06. The molecular formula is C24H19NO3. The van der Waals surface area contributed by atoms with Crippen LogP contribution in [-0.2, 0) is 0 Å². The first-order valence-electron chi connectivity index (χ1n) is 8.97. The third kappa shape index (κ3) is 3.58. The number of aryl methyl sites for hydroxylation is 1. The molecule has 138 valence electrons. The molecule has 0 saturated carbocycles. The van der Waals surface area contributed by atoms with E-state index in [9.17, 15) is 4.79 Å². The molecule has 0 N–H and O–H groups in total. The monoisotopic (exact) mass is 369 g/mol. The molecule has 0 bridgehead atoms. The van der Waals surface area contributed by atoms with Crippen LogP contribution in [0.15, 0.2) is 77.2 Å². The number of benzene rings is 3. The number of ketones is 1. The average Bonchev–Trinajstić information content (AvgIpc) is 3.16. The van der Waals surface area contributed by atoms with Crippen molar-refractivity contribution in [2.75, 3.05) is 7.11 Å². The number of carbonyl (C=O) groups is 1. The molecule has 0 amide bonds. The van der Waals surface area contributed by atoms with Crippen LogP contribution in [-0.4, -0.2) is 17.9 Å². The lowest BCUT2D eigenvalue weighted by atomic mass is 10.00. The van der Waals surface area contributed by atoms with Gasteiger partial charge in [-0.05, 0) is 42.8 Å². The zero-order valence-corrected chi connectivity index (χ0v) is 15.7. The van der Waals surface area contributed by atoms with E-state index < -0.39 is 0 Å². The number of para-hydroxylation sites is 2. The molecule has 4 heteroatoms. The van der Waals surface area contributed by atoms with Crippen LogP contribution in [0.25, 0.3) is 22.7 Å². The van der Waals surface area contributed by atoms with Crippen LogP contribution in [0.1, 0.15) is 27.4 Å². The van der Waals surface area contributed by atoms with Gasteiger partial charge in [0.15, 0.2) is 11.4 Å². The zero-order valence-electron chi connectivity index (χ0n) is 15.7. The second-order valence-electron chi connectivity index (χ2n) is 6.52. The zero-order chi connectivity index (χ0) is 19.5. The maximum atomic E-state index is 13.3. The van der Waals surface area contributed by atoms with Gasteiger partial charge in [0.2, 0.25) is 5.89 Å². The first-order valence-corrected chi connectivity index (χ1v) is 8.97. The molecule has 0 saturated heterocycles. The topological polar surface area (TPSA) is 52.3 Å². The van der Waals surface area contributed by atoms with Gasteiger partial charge < -0.3 is 9.15 Å². The molecule has 4 nitrogen and oxygen atoms in total. The van der Waals surface area contributed by atoms with E-state index in [1.54, 1.807) is 13.2 Å². The lowest BCUT2D eigenvalue weighted by molar-refractivity contribution is 0.105. The van der Waals surface area contributed by atoms with E-state index in [-0.39, 0.29) is 5.78 Å². The Morgan fingerprint density at radius 2 is 1.79 bits per heavy atom. The molecule has 0 unspecified atom stereocenters. The fourth-order valence-corrected chi connectivity index (χ4v) is 2.97. The van der Waals surface area contributed by atoms with Gasteiger partial charge in [-0.2, -0.15) is 0 Å². The Bertz CT molecular complexity index is 1140. The van der Waals surface area contributed by atoms with Crippen molar-refractivity contribution in [3.05, 3.63) is 95.4 Å². The minimum Gasteiger partial charge on any atom is -0.497 e. The largest absolute Gasteiger partial charge is 0.497 e. The predicted molar refractivity (Wildman–Crippen MR) is 110 cm³/mol. The summed E-state index contributed by atoms with van der Waals surface area (Å²) in [6.07, 6.45) is 1.79. The minimum absolute atomic E-state index is 0.144. The van der Waals surface area contributed by atoms with Gasteiger partial charge in [-0.15, -0.1) is 0 Å². The number of ether oxygens (including phenoxy) is 1. The molecule has 1 heterocycles. The first-order chi connectivity index (χ1) is 13.6. The number of hydrogen-bond acceptors (Lipinski definition) is 4. The number of methoxy groups -OCH3 is 1. The smallest absolute Gasteiger partial charge is 0.231 e. The van der Waals surface area contributed by atoms with Crippen molar-refractivity contribution in [3.63, 3.8) is 0 Å². The molecule has 1 aromatic heterocycles. The highest BCUT2D eigenvalue weighted by atomic mass is 16.5. The summed E-state index contributed by atoms with van der Waals surface area (Å²) in [5.74, 6) is 0.873. The fraction of sp³-hybridized carbons (Fsp3) is 0.0833. The molecule has 3 aromatic carbocycles. The molecule has 0 spiro atoms. The first kappa shape index (κ1) is 17.7. The number of oxazole rings is 1. The highest BCUT2D eigenvalue weighted by Crippen LogP contribution is 2.27. The van der Waals surface area contributed by atoms with Gasteiger partial charge in [-0.25, -0.2) is 4.98 Å². The number of allylic oxidation sites excluding steroid dienone is 1. The minimum atomic E-state index is -0.144. The molecular weight excluding hydrogens is 350 g/mol. The quantitative estimate of drug-likeness (QED) is 0.341. The van der Waals surface area contributed by atoms with Gasteiger partial charge >= 0.3 is 0 Å². The number of carbonyl (C=O) groups excluding carboxylic acids is 1. The molecule has 4 aromatic rings. The van der Waals surface area contributed by atoms with E-state index >= 15 is 0 Å². The predicted octanol–water partition coefficient (Wildman–Crippen LogP) is 5.57. The van der Waals surface area contributed by atoms with Crippen molar-refractivity contribution < 1.29 is 13.9 Å². The van der Waals surface area contributed by atoms with Gasteiger partial charge in [0.05, 0.1) is 12.7 Å². The van der Waals surface area contributed by atoms with Crippen molar-refractivity contribution in [1.82, 2.24) is 4.98 Å². The normalized spacial score (nSPS) is 11.6. The molecule has 0 atom stereocenters. The summed E-state index contributed by atoms with van der Waals surface area (Å²) in [7, 11) is 1.61. The highest BCUT2D eigenvalue weighted by molar-refractivity contribution is 6.31. The van der Waals surface area contributed by atoms with Crippen molar-refractivity contribution in [1.29, 1.82) is 0 Å². The summed E-state index contributed by atoms with van der Waals surface area (Å²) in [6, 6.07) is 22.5. The summed E-state index contributed by atoms with van der Waals surface area (Å²) in [5.41, 5.74) is 4.26. The van der Waals surface area contributed by atoms with E-state index in [1.165, 1.54) is 0 Å². The third-order valence-electron chi connectivity index (χ3n) is 4.49. The van der Waals surface area contributed by atoms with Crippen molar-refractivity contribution in [2.45, 2.75) is 6.92 Å². The number of Topliss-reactive ketones (excluding diaryl/α,β-unsaturated/α-hetero) is 1. The van der Waals surface area contributed by atoms with Gasteiger partial charge in [0, 0.05) is 5.56 Å². The molecule has 0 aliphatic carbocycles. The number of fused-ring (bicyclic) bond motifs is 1.